The number of imide groups is 1. The van der Waals surface area contributed by atoms with Crippen molar-refractivity contribution in [1.29, 1.82) is 0 Å². The zero-order chi connectivity index (χ0) is 8.59. The number of carbonyl (C=O) groups is 2. The molecule has 0 aromatic carbocycles. The smallest absolute Gasteiger partial charge is 0.819 e. The van der Waals surface area contributed by atoms with E-state index in [9.17, 15) is 14.7 Å². The van der Waals surface area contributed by atoms with E-state index in [0.717, 1.165) is 0 Å². The minimum Gasteiger partial charge on any atom is -0.819 e. The summed E-state index contributed by atoms with van der Waals surface area (Å²) in [5, 5.41) is 12.4. The van der Waals surface area contributed by atoms with Gasteiger partial charge in [-0.2, -0.15) is 4.42 Å². The molecule has 1 heterocycles. The normalized spacial score (nSPS) is 23.4. The third-order valence-electron chi connectivity index (χ3n) is 0.982. The SMILES string of the molecule is O=C1NC([O-])N(Cl)C(=O)N1Cl.[K+]. The summed E-state index contributed by atoms with van der Waals surface area (Å²) in [5.41, 5.74) is 0. The number of carbonyl (C=O) groups excluding carboxylic acids is 2. The van der Waals surface area contributed by atoms with Gasteiger partial charge in [-0.3, -0.25) is 0 Å². The van der Waals surface area contributed by atoms with Gasteiger partial charge in [-0.1, -0.05) is 0 Å². The molecular formula is C3H2Cl2KN3O3. The van der Waals surface area contributed by atoms with Crippen molar-refractivity contribution < 1.29 is 66.1 Å². The average Bonchev–Trinajstić information content (AvgIpc) is 1.97. The van der Waals surface area contributed by atoms with E-state index in [1.165, 1.54) is 0 Å². The third kappa shape index (κ3) is 2.45. The fourth-order valence-corrected chi connectivity index (χ4v) is 0.783. The molecule has 9 heteroatoms. The van der Waals surface area contributed by atoms with Crippen LogP contribution < -0.4 is 61.8 Å². The quantitative estimate of drug-likeness (QED) is 0.350. The van der Waals surface area contributed by atoms with Crippen molar-refractivity contribution in [2.45, 2.75) is 6.35 Å². The van der Waals surface area contributed by atoms with Crippen molar-refractivity contribution in [1.82, 2.24) is 14.2 Å². The van der Waals surface area contributed by atoms with E-state index < -0.39 is 18.4 Å². The maximum atomic E-state index is 10.7. The zero-order valence-corrected chi connectivity index (χ0v) is 10.6. The second kappa shape index (κ2) is 4.96. The minimum atomic E-state index is -1.79. The van der Waals surface area contributed by atoms with E-state index in [1.54, 1.807) is 5.32 Å². The van der Waals surface area contributed by atoms with Gasteiger partial charge in [0.25, 0.3) is 0 Å². The Balaban J connectivity index is 0.00000121. The molecule has 6 nitrogen and oxygen atoms in total. The summed E-state index contributed by atoms with van der Waals surface area (Å²) in [6.07, 6.45) is -1.79. The van der Waals surface area contributed by atoms with Gasteiger partial charge in [0.15, 0.2) is 0 Å². The molecule has 1 fully saturated rings. The molecule has 1 saturated heterocycles. The van der Waals surface area contributed by atoms with Crippen molar-refractivity contribution in [3.8, 4) is 0 Å². The summed E-state index contributed by atoms with van der Waals surface area (Å²) in [6.45, 7) is 0. The van der Waals surface area contributed by atoms with Gasteiger partial charge in [-0.05, 0) is 0 Å². The molecule has 1 aliphatic heterocycles. The van der Waals surface area contributed by atoms with Crippen LogP contribution in [0.25, 0.3) is 0 Å². The standard InChI is InChI=1S/C3H2Cl2N3O3.K/c4-7-1(9)6-2(10)8(5)3(7)11;/h1H,(H,6,10);/q-1;+1. The van der Waals surface area contributed by atoms with Crippen LogP contribution in [0.15, 0.2) is 0 Å². The topological polar surface area (TPSA) is 75.7 Å². The van der Waals surface area contributed by atoms with Crippen LogP contribution in [0.5, 0.6) is 0 Å². The van der Waals surface area contributed by atoms with E-state index in [-0.39, 0.29) is 60.2 Å². The molecule has 0 aliphatic carbocycles. The summed E-state index contributed by atoms with van der Waals surface area (Å²) in [6, 6.07) is -2.04. The Morgan fingerprint density at radius 2 is 1.92 bits per heavy atom. The van der Waals surface area contributed by atoms with Gasteiger partial charge < -0.3 is 10.4 Å². The van der Waals surface area contributed by atoms with Gasteiger partial charge in [-0.15, -0.1) is 0 Å². The zero-order valence-electron chi connectivity index (χ0n) is 5.95. The van der Waals surface area contributed by atoms with Crippen LogP contribution in [0, 0.1) is 0 Å². The van der Waals surface area contributed by atoms with Gasteiger partial charge in [0.1, 0.15) is 0 Å². The van der Waals surface area contributed by atoms with Crippen molar-refractivity contribution in [2.75, 3.05) is 0 Å². The van der Waals surface area contributed by atoms with E-state index in [0.29, 0.717) is 0 Å². The number of halogens is 2. The molecular weight excluding hydrogens is 236 g/mol. The number of amides is 4. The molecule has 0 radical (unpaired) electrons. The van der Waals surface area contributed by atoms with Crippen LogP contribution in [0.3, 0.4) is 0 Å². The van der Waals surface area contributed by atoms with Crippen LogP contribution >= 0.6 is 23.6 Å². The van der Waals surface area contributed by atoms with Crippen LogP contribution in [-0.2, 0) is 0 Å². The predicted octanol–water partition coefficient (Wildman–Crippen LogP) is -3.61. The molecule has 0 bridgehead atoms. The molecule has 1 aliphatic rings. The maximum Gasteiger partial charge on any atom is 1.00 e. The Labute approximate surface area is 120 Å². The fraction of sp³-hybridized carbons (Fsp3) is 0.333. The van der Waals surface area contributed by atoms with E-state index >= 15 is 0 Å². The second-order valence-corrected chi connectivity index (χ2v) is 2.38. The molecule has 0 aromatic rings. The summed E-state index contributed by atoms with van der Waals surface area (Å²) < 4.78 is 0.426. The first-order valence-corrected chi connectivity index (χ1v) is 3.13. The first-order valence-electron chi connectivity index (χ1n) is 2.45. The monoisotopic (exact) mass is 237 g/mol. The fourth-order valence-electron chi connectivity index (χ4n) is 0.490. The molecule has 12 heavy (non-hydrogen) atoms. The average molecular weight is 238 g/mol. The number of urea groups is 2. The Morgan fingerprint density at radius 3 is 2.42 bits per heavy atom. The summed E-state index contributed by atoms with van der Waals surface area (Å²) >= 11 is 10.2. The van der Waals surface area contributed by atoms with E-state index in [4.69, 9.17) is 23.6 Å². The van der Waals surface area contributed by atoms with E-state index in [1.807, 2.05) is 0 Å². The molecule has 0 aromatic heterocycles. The summed E-state index contributed by atoms with van der Waals surface area (Å²) in [7, 11) is 0. The molecule has 62 valence electrons. The predicted molar refractivity (Wildman–Crippen MR) is 33.1 cm³/mol. The molecule has 1 unspecified atom stereocenters. The van der Waals surface area contributed by atoms with Gasteiger partial charge in [0.2, 0.25) is 0 Å². The van der Waals surface area contributed by atoms with Crippen molar-refractivity contribution in [3.05, 3.63) is 0 Å². The van der Waals surface area contributed by atoms with E-state index in [2.05, 4.69) is 0 Å². The number of hydrogen-bond acceptors (Lipinski definition) is 3. The maximum absolute atomic E-state index is 10.7. The number of nitrogens with zero attached hydrogens (tertiary/aromatic N) is 2. The summed E-state index contributed by atoms with van der Waals surface area (Å²) in [5.74, 6) is 0. The number of rotatable bonds is 0. The Hall–Kier alpha value is 0.916. The second-order valence-electron chi connectivity index (χ2n) is 1.68. The molecule has 0 spiro atoms. The molecule has 1 N–H and O–H groups in total. The number of nitrogens with one attached hydrogen (secondary N) is 1. The van der Waals surface area contributed by atoms with Crippen molar-refractivity contribution in [2.24, 2.45) is 0 Å². The largest absolute Gasteiger partial charge is 1.00 e. The van der Waals surface area contributed by atoms with Crippen LogP contribution in [0.1, 0.15) is 0 Å². The van der Waals surface area contributed by atoms with Crippen LogP contribution in [0.4, 0.5) is 9.59 Å². The molecule has 1 atom stereocenters. The third-order valence-corrected chi connectivity index (χ3v) is 1.60. The summed E-state index contributed by atoms with van der Waals surface area (Å²) in [4.78, 5) is 21.2. The minimum absolute atomic E-state index is 0. The molecule has 4 amide bonds. The van der Waals surface area contributed by atoms with Gasteiger partial charge in [0, 0.05) is 23.6 Å². The van der Waals surface area contributed by atoms with Crippen LogP contribution in [-0.4, -0.2) is 27.3 Å². The van der Waals surface area contributed by atoms with Crippen molar-refractivity contribution >= 4 is 35.6 Å². The molecule has 1 rings (SSSR count). The molecule has 0 saturated carbocycles. The Bertz CT molecular complexity index is 215. The van der Waals surface area contributed by atoms with Crippen LogP contribution in [0.2, 0.25) is 0 Å². The Kier molecular flexibility index (Phi) is 5.34. The van der Waals surface area contributed by atoms with Gasteiger partial charge >= 0.3 is 63.4 Å². The first kappa shape index (κ1) is 12.9. The van der Waals surface area contributed by atoms with Crippen molar-refractivity contribution in [3.63, 3.8) is 0 Å². The first-order chi connectivity index (χ1) is 5.04. The number of hydrogen-bond donors (Lipinski definition) is 1. The Morgan fingerprint density at radius 1 is 1.42 bits per heavy atom. The van der Waals surface area contributed by atoms with Gasteiger partial charge in [0.05, 0.1) is 6.35 Å². The van der Waals surface area contributed by atoms with Gasteiger partial charge in [-0.25, -0.2) is 14.0 Å².